The highest BCUT2D eigenvalue weighted by Gasteiger charge is 2.29. The van der Waals surface area contributed by atoms with E-state index in [2.05, 4.69) is 13.8 Å². The average Bonchev–Trinajstić information content (AvgIpc) is 1.82. The molecule has 0 bridgehead atoms. The van der Waals surface area contributed by atoms with Gasteiger partial charge >= 0.3 is 0 Å². The molecule has 1 saturated heterocycles. The van der Waals surface area contributed by atoms with E-state index in [-0.39, 0.29) is 5.41 Å². The fourth-order valence-electron chi connectivity index (χ4n) is 1.01. The van der Waals surface area contributed by atoms with Gasteiger partial charge in [0.2, 0.25) is 7.28 Å². The first-order valence-electron chi connectivity index (χ1n) is 2.96. The Hall–Kier alpha value is -0.265. The van der Waals surface area contributed by atoms with Crippen LogP contribution in [0.2, 0.25) is 6.32 Å². The predicted octanol–water partition coefficient (Wildman–Crippen LogP) is 1.07. The second-order valence-corrected chi connectivity index (χ2v) is 3.22. The molecular weight excluding hydrogens is 98.9 g/mol. The summed E-state index contributed by atoms with van der Waals surface area (Å²) in [4.78, 5) is 10.6. The predicted molar refractivity (Wildman–Crippen MR) is 34.0 cm³/mol. The Morgan fingerprint density at radius 1 is 1.62 bits per heavy atom. The Labute approximate surface area is 50.7 Å². The van der Waals surface area contributed by atoms with E-state index in [0.29, 0.717) is 5.68 Å². The fraction of sp³-hybridized carbons (Fsp3) is 0.833. The number of carbonyl (C=O) groups excluding carboxylic acids is 1. The molecule has 0 aromatic rings. The van der Waals surface area contributed by atoms with Gasteiger partial charge < -0.3 is 4.79 Å². The van der Waals surface area contributed by atoms with Crippen molar-refractivity contribution in [3.8, 4) is 0 Å². The molecule has 1 fully saturated rings. The Bertz CT molecular complexity index is 118. The normalized spacial score (nSPS) is 25.5. The van der Waals surface area contributed by atoms with E-state index in [9.17, 15) is 4.79 Å². The van der Waals surface area contributed by atoms with E-state index >= 15 is 0 Å². The van der Waals surface area contributed by atoms with Crippen molar-refractivity contribution in [1.82, 2.24) is 0 Å². The van der Waals surface area contributed by atoms with Gasteiger partial charge in [-0.2, -0.15) is 0 Å². The Balaban J connectivity index is 2.56. The molecule has 8 heavy (non-hydrogen) atoms. The van der Waals surface area contributed by atoms with Gasteiger partial charge in [-0.1, -0.05) is 20.2 Å². The highest BCUT2D eigenvalue weighted by molar-refractivity contribution is 6.75. The standard InChI is InChI=1S/C6H10BO/c1-6(2)3-5(8)7-4-6/h3-4H2,1-2H3. The molecule has 1 aliphatic heterocycles. The largest absolute Gasteiger partial charge is 0.312 e. The molecule has 0 aromatic heterocycles. The van der Waals surface area contributed by atoms with Gasteiger partial charge in [-0.15, -0.1) is 0 Å². The van der Waals surface area contributed by atoms with Crippen LogP contribution >= 0.6 is 0 Å². The van der Waals surface area contributed by atoms with Crippen LogP contribution < -0.4 is 0 Å². The van der Waals surface area contributed by atoms with E-state index in [4.69, 9.17) is 0 Å². The van der Waals surface area contributed by atoms with Crippen molar-refractivity contribution in [3.05, 3.63) is 0 Å². The van der Waals surface area contributed by atoms with Gasteiger partial charge in [-0.3, -0.25) is 0 Å². The third kappa shape index (κ3) is 1.12. The quantitative estimate of drug-likeness (QED) is 0.425. The van der Waals surface area contributed by atoms with Gasteiger partial charge in [0.25, 0.3) is 0 Å². The van der Waals surface area contributed by atoms with Crippen LogP contribution in [0.5, 0.6) is 0 Å². The van der Waals surface area contributed by atoms with E-state index in [1.54, 1.807) is 7.28 Å². The fourth-order valence-corrected chi connectivity index (χ4v) is 1.01. The van der Waals surface area contributed by atoms with Crippen molar-refractivity contribution in [2.75, 3.05) is 0 Å². The summed E-state index contributed by atoms with van der Waals surface area (Å²) in [5.41, 5.74) is 0.576. The summed E-state index contributed by atoms with van der Waals surface area (Å²) >= 11 is 0. The highest BCUT2D eigenvalue weighted by Crippen LogP contribution is 2.30. The van der Waals surface area contributed by atoms with Crippen molar-refractivity contribution >= 4 is 13.0 Å². The molecule has 1 radical (unpaired) electrons. The van der Waals surface area contributed by atoms with E-state index in [1.165, 1.54) is 0 Å². The van der Waals surface area contributed by atoms with Gasteiger partial charge in [0, 0.05) is 6.42 Å². The zero-order valence-corrected chi connectivity index (χ0v) is 5.40. The van der Waals surface area contributed by atoms with Crippen molar-refractivity contribution in [2.45, 2.75) is 26.6 Å². The lowest BCUT2D eigenvalue weighted by atomic mass is 9.73. The SMILES string of the molecule is CC1(C)C[B]C(=O)C1. The first-order chi connectivity index (χ1) is 3.60. The molecule has 2 heteroatoms. The summed E-state index contributed by atoms with van der Waals surface area (Å²) in [6.07, 6.45) is 1.71. The van der Waals surface area contributed by atoms with Crippen LogP contribution in [0.1, 0.15) is 20.3 Å². The smallest absolute Gasteiger partial charge is 0.202 e. The molecule has 1 aliphatic rings. The molecule has 0 atom stereocenters. The average molecular weight is 109 g/mol. The number of carbonyl (C=O) groups is 1. The van der Waals surface area contributed by atoms with Crippen LogP contribution in [0.4, 0.5) is 0 Å². The Morgan fingerprint density at radius 2 is 2.25 bits per heavy atom. The van der Waals surface area contributed by atoms with E-state index in [1.807, 2.05) is 0 Å². The Kier molecular flexibility index (Phi) is 1.18. The molecule has 0 amide bonds. The zero-order valence-electron chi connectivity index (χ0n) is 5.40. The lowest BCUT2D eigenvalue weighted by molar-refractivity contribution is -0.112. The maximum atomic E-state index is 10.6. The number of hydrogen-bond donors (Lipinski definition) is 0. The number of rotatable bonds is 0. The van der Waals surface area contributed by atoms with Gasteiger partial charge in [-0.25, -0.2) is 0 Å². The van der Waals surface area contributed by atoms with Crippen LogP contribution in [0.3, 0.4) is 0 Å². The van der Waals surface area contributed by atoms with Crippen molar-refractivity contribution in [3.63, 3.8) is 0 Å². The third-order valence-electron chi connectivity index (χ3n) is 1.54. The first-order valence-corrected chi connectivity index (χ1v) is 2.96. The van der Waals surface area contributed by atoms with Crippen LogP contribution in [0.25, 0.3) is 0 Å². The van der Waals surface area contributed by atoms with Gasteiger partial charge in [0.15, 0.2) is 0 Å². The summed E-state index contributed by atoms with van der Waals surface area (Å²) < 4.78 is 0. The molecule has 1 nitrogen and oxygen atoms in total. The lowest BCUT2D eigenvalue weighted by Gasteiger charge is -2.13. The third-order valence-corrected chi connectivity index (χ3v) is 1.54. The Morgan fingerprint density at radius 3 is 2.38 bits per heavy atom. The molecule has 0 aliphatic carbocycles. The summed E-state index contributed by atoms with van der Waals surface area (Å²) in [6, 6.07) is 0. The van der Waals surface area contributed by atoms with Crippen LogP contribution in [-0.4, -0.2) is 13.0 Å². The van der Waals surface area contributed by atoms with Crippen LogP contribution in [-0.2, 0) is 4.79 Å². The van der Waals surface area contributed by atoms with Crippen molar-refractivity contribution < 1.29 is 4.79 Å². The molecule has 1 heterocycles. The molecular formula is C6H10BO. The van der Waals surface area contributed by atoms with Crippen molar-refractivity contribution in [2.24, 2.45) is 5.41 Å². The second-order valence-electron chi connectivity index (χ2n) is 3.22. The summed E-state index contributed by atoms with van der Waals surface area (Å²) in [5.74, 6) is 0. The van der Waals surface area contributed by atoms with E-state index < -0.39 is 0 Å². The minimum Gasteiger partial charge on any atom is -0.312 e. The zero-order chi connectivity index (χ0) is 6.20. The topological polar surface area (TPSA) is 17.1 Å². The second kappa shape index (κ2) is 1.61. The lowest BCUT2D eigenvalue weighted by Crippen LogP contribution is -2.03. The highest BCUT2D eigenvalue weighted by atomic mass is 16.1. The van der Waals surface area contributed by atoms with Crippen LogP contribution in [0.15, 0.2) is 0 Å². The monoisotopic (exact) mass is 109 g/mol. The van der Waals surface area contributed by atoms with Crippen LogP contribution in [0, 0.1) is 5.41 Å². The molecule has 0 aromatic carbocycles. The van der Waals surface area contributed by atoms with Gasteiger partial charge in [0.1, 0.15) is 0 Å². The molecule has 43 valence electrons. The maximum absolute atomic E-state index is 10.6. The molecule has 0 unspecified atom stereocenters. The van der Waals surface area contributed by atoms with Crippen molar-refractivity contribution in [1.29, 1.82) is 0 Å². The minimum atomic E-state index is 0.261. The minimum absolute atomic E-state index is 0.261. The summed E-state index contributed by atoms with van der Waals surface area (Å²) in [6.45, 7) is 4.24. The van der Waals surface area contributed by atoms with E-state index in [0.717, 1.165) is 12.7 Å². The summed E-state index contributed by atoms with van der Waals surface area (Å²) in [5, 5.41) is 0. The van der Waals surface area contributed by atoms with Gasteiger partial charge in [0.05, 0.1) is 5.68 Å². The molecule has 0 saturated carbocycles. The number of hydrogen-bond acceptors (Lipinski definition) is 1. The summed E-state index contributed by atoms with van der Waals surface area (Å²) in [7, 11) is 1.79. The molecule has 0 spiro atoms. The molecule has 0 N–H and O–H groups in total. The first kappa shape index (κ1) is 5.86. The molecule has 1 rings (SSSR count). The maximum Gasteiger partial charge on any atom is 0.202 e. The van der Waals surface area contributed by atoms with Gasteiger partial charge in [-0.05, 0) is 5.41 Å².